The molecule has 0 aromatic carbocycles. The summed E-state index contributed by atoms with van der Waals surface area (Å²) >= 11 is 0. The lowest BCUT2D eigenvalue weighted by atomic mass is 9.90. The van der Waals surface area contributed by atoms with Gasteiger partial charge in [-0.05, 0) is 43.9 Å². The van der Waals surface area contributed by atoms with Crippen molar-refractivity contribution in [2.24, 2.45) is 5.92 Å². The first-order valence-corrected chi connectivity index (χ1v) is 13.6. The molecule has 0 unspecified atom stereocenters. The summed E-state index contributed by atoms with van der Waals surface area (Å²) < 4.78 is 0. The van der Waals surface area contributed by atoms with Gasteiger partial charge in [0.1, 0.15) is 0 Å². The van der Waals surface area contributed by atoms with Crippen LogP contribution in [0.3, 0.4) is 0 Å². The molecule has 0 saturated heterocycles. The highest BCUT2D eigenvalue weighted by atomic mass is 31.1. The molecule has 1 heteroatoms. The first-order valence-electron chi connectivity index (χ1n) is 11.8. The van der Waals surface area contributed by atoms with Gasteiger partial charge in [-0.2, -0.15) is 0 Å². The van der Waals surface area contributed by atoms with E-state index in [9.17, 15) is 0 Å². The highest BCUT2D eigenvalue weighted by Crippen LogP contribution is 2.41. The fourth-order valence-corrected chi connectivity index (χ4v) is 6.29. The summed E-state index contributed by atoms with van der Waals surface area (Å²) in [5.74, 6) is 3.64. The quantitative estimate of drug-likeness (QED) is 0.188. The van der Waals surface area contributed by atoms with E-state index >= 15 is 0 Å². The van der Waals surface area contributed by atoms with Crippen molar-refractivity contribution in [1.29, 1.82) is 0 Å². The van der Waals surface area contributed by atoms with E-state index in [0.29, 0.717) is 0 Å². The van der Waals surface area contributed by atoms with E-state index in [1.807, 2.05) is 0 Å². The summed E-state index contributed by atoms with van der Waals surface area (Å²) in [7, 11) is 0.185. The maximum absolute atomic E-state index is 2.71. The van der Waals surface area contributed by atoms with Gasteiger partial charge in [-0.3, -0.25) is 0 Å². The number of hydrogen-bond acceptors (Lipinski definition) is 0. The van der Waals surface area contributed by atoms with E-state index in [1.54, 1.807) is 0 Å². The minimum absolute atomic E-state index is 0.185. The van der Waals surface area contributed by atoms with Gasteiger partial charge in [0.2, 0.25) is 0 Å². The molecule has 0 bridgehead atoms. The van der Waals surface area contributed by atoms with Gasteiger partial charge in [0.15, 0.2) is 0 Å². The van der Waals surface area contributed by atoms with Crippen LogP contribution in [0.4, 0.5) is 0 Å². The molecule has 0 aromatic rings. The summed E-state index contributed by atoms with van der Waals surface area (Å²) in [5, 5.41) is 0. The second-order valence-electron chi connectivity index (χ2n) is 8.31. The average Bonchev–Trinajstić information content (AvgIpc) is 2.65. The van der Waals surface area contributed by atoms with E-state index in [4.69, 9.17) is 0 Å². The van der Waals surface area contributed by atoms with Crippen molar-refractivity contribution in [1.82, 2.24) is 0 Å². The van der Waals surface area contributed by atoms with Crippen molar-refractivity contribution in [3.8, 4) is 0 Å². The molecular weight excluding hydrogens is 319 g/mol. The molecule has 0 nitrogen and oxygen atoms in total. The molecule has 0 spiro atoms. The van der Waals surface area contributed by atoms with E-state index in [-0.39, 0.29) is 7.92 Å². The van der Waals surface area contributed by atoms with E-state index in [0.717, 1.165) is 5.92 Å². The zero-order chi connectivity index (χ0) is 18.0. The molecule has 0 radical (unpaired) electrons. The summed E-state index contributed by atoms with van der Waals surface area (Å²) in [5.41, 5.74) is 0. The van der Waals surface area contributed by atoms with Crippen LogP contribution in [0.25, 0.3) is 0 Å². The summed E-state index contributed by atoms with van der Waals surface area (Å²) in [6, 6.07) is 0. The maximum atomic E-state index is 2.71. The lowest BCUT2D eigenvalue weighted by Crippen LogP contribution is -2.02. The van der Waals surface area contributed by atoms with Crippen LogP contribution in [-0.4, -0.2) is 12.3 Å². The van der Waals surface area contributed by atoms with E-state index in [2.05, 4.69) is 25.7 Å². The lowest BCUT2D eigenvalue weighted by Gasteiger charge is -2.20. The normalized spacial score (nSPS) is 16.3. The summed E-state index contributed by atoms with van der Waals surface area (Å²) in [6.07, 6.45) is 30.5. The van der Waals surface area contributed by atoms with Crippen LogP contribution in [0.15, 0.2) is 11.9 Å². The second-order valence-corrected chi connectivity index (χ2v) is 10.7. The van der Waals surface area contributed by atoms with Crippen LogP contribution in [0.5, 0.6) is 0 Å². The molecule has 0 atom stereocenters. The molecule has 0 N–H and O–H groups in total. The summed E-state index contributed by atoms with van der Waals surface area (Å²) in [4.78, 5) is 0. The number of allylic oxidation sites excluding steroid dienone is 1. The van der Waals surface area contributed by atoms with E-state index in [1.165, 1.54) is 121 Å². The Morgan fingerprint density at radius 2 is 1.12 bits per heavy atom. The van der Waals surface area contributed by atoms with E-state index < -0.39 is 0 Å². The van der Waals surface area contributed by atoms with Crippen molar-refractivity contribution in [2.75, 3.05) is 12.3 Å². The molecule has 148 valence electrons. The minimum atomic E-state index is 0.185. The van der Waals surface area contributed by atoms with Gasteiger partial charge >= 0.3 is 0 Å². The van der Waals surface area contributed by atoms with Gasteiger partial charge in [0.05, 0.1) is 0 Å². The minimum Gasteiger partial charge on any atom is -0.0836 e. The Kier molecular flexibility index (Phi) is 16.3. The Morgan fingerprint density at radius 3 is 1.64 bits per heavy atom. The standard InChI is InChI=1S/C24H47P/c1-3-5-7-9-11-16-21-25(22-17-12-10-8-6-4-2)23-20-24-18-14-13-15-19-24/h20,23-24H,3-19,21-22H2,1-2H3. The van der Waals surface area contributed by atoms with Crippen LogP contribution < -0.4 is 0 Å². The average molecular weight is 367 g/mol. The monoisotopic (exact) mass is 366 g/mol. The Hall–Kier alpha value is 0.170. The topological polar surface area (TPSA) is 0 Å². The molecule has 0 amide bonds. The molecule has 1 fully saturated rings. The second kappa shape index (κ2) is 17.6. The van der Waals surface area contributed by atoms with Crippen LogP contribution in [0, 0.1) is 5.92 Å². The highest BCUT2D eigenvalue weighted by Gasteiger charge is 2.11. The van der Waals surface area contributed by atoms with Gasteiger partial charge in [0.25, 0.3) is 0 Å². The molecule has 1 saturated carbocycles. The highest BCUT2D eigenvalue weighted by molar-refractivity contribution is 7.60. The molecule has 0 aliphatic heterocycles. The third-order valence-electron chi connectivity index (χ3n) is 5.82. The van der Waals surface area contributed by atoms with Gasteiger partial charge in [-0.25, -0.2) is 0 Å². The van der Waals surface area contributed by atoms with Crippen LogP contribution in [0.2, 0.25) is 0 Å². The fourth-order valence-electron chi connectivity index (χ4n) is 4.02. The third-order valence-corrected chi connectivity index (χ3v) is 8.19. The smallest absolute Gasteiger partial charge is 0.0230 e. The third kappa shape index (κ3) is 14.0. The lowest BCUT2D eigenvalue weighted by molar-refractivity contribution is 0.420. The van der Waals surface area contributed by atoms with Crippen LogP contribution in [0.1, 0.15) is 123 Å². The van der Waals surface area contributed by atoms with Gasteiger partial charge < -0.3 is 0 Å². The Balaban J connectivity index is 2.23. The van der Waals surface area contributed by atoms with Crippen molar-refractivity contribution in [3.63, 3.8) is 0 Å². The number of rotatable bonds is 16. The number of unbranched alkanes of at least 4 members (excludes halogenated alkanes) is 10. The predicted octanol–water partition coefficient (Wildman–Crippen LogP) is 9.28. The Morgan fingerprint density at radius 1 is 0.640 bits per heavy atom. The largest absolute Gasteiger partial charge is 0.0836 e. The first-order chi connectivity index (χ1) is 12.4. The molecule has 1 rings (SSSR count). The molecule has 1 aliphatic rings. The number of hydrogen-bond donors (Lipinski definition) is 0. The molecule has 0 aromatic heterocycles. The molecular formula is C24H47P. The zero-order valence-electron chi connectivity index (χ0n) is 17.6. The predicted molar refractivity (Wildman–Crippen MR) is 119 cm³/mol. The summed E-state index contributed by atoms with van der Waals surface area (Å²) in [6.45, 7) is 4.63. The van der Waals surface area contributed by atoms with Crippen LogP contribution >= 0.6 is 7.92 Å². The van der Waals surface area contributed by atoms with Gasteiger partial charge in [-0.1, -0.05) is 117 Å². The molecule has 0 heterocycles. The van der Waals surface area contributed by atoms with Crippen molar-refractivity contribution in [3.05, 3.63) is 11.9 Å². The van der Waals surface area contributed by atoms with Crippen LogP contribution in [-0.2, 0) is 0 Å². The molecule has 1 aliphatic carbocycles. The molecule has 25 heavy (non-hydrogen) atoms. The van der Waals surface area contributed by atoms with Crippen molar-refractivity contribution in [2.45, 2.75) is 123 Å². The zero-order valence-corrected chi connectivity index (χ0v) is 18.5. The maximum Gasteiger partial charge on any atom is -0.0230 e. The van der Waals surface area contributed by atoms with Gasteiger partial charge in [0, 0.05) is 0 Å². The van der Waals surface area contributed by atoms with Gasteiger partial charge in [-0.15, -0.1) is 0 Å². The SMILES string of the molecule is CCCCCCCCP(C=CC1CCCCC1)CCCCCCCC. The van der Waals surface area contributed by atoms with Crippen molar-refractivity contribution < 1.29 is 0 Å². The Bertz CT molecular complexity index is 274. The van der Waals surface area contributed by atoms with Crippen molar-refractivity contribution >= 4 is 7.92 Å². The first kappa shape index (κ1) is 23.2. The Labute approximate surface area is 161 Å². The fraction of sp³-hybridized carbons (Fsp3) is 0.917.